The van der Waals surface area contributed by atoms with Gasteiger partial charge in [0.05, 0.1) is 12.6 Å². The second-order valence-corrected chi connectivity index (χ2v) is 8.00. The minimum absolute atomic E-state index is 0. The SMILES string of the molecule is Cl.Cl.NC(C(=O)N1CCN(CC(=O)N2CCc3ccccc32)CC1)C1CCOCC1. The van der Waals surface area contributed by atoms with E-state index in [1.165, 1.54) is 5.56 Å². The largest absolute Gasteiger partial charge is 0.381 e. The molecule has 0 radical (unpaired) electrons. The van der Waals surface area contributed by atoms with Crippen LogP contribution in [0.1, 0.15) is 18.4 Å². The van der Waals surface area contributed by atoms with Gasteiger partial charge in [0.25, 0.3) is 0 Å². The first-order valence-corrected chi connectivity index (χ1v) is 10.4. The summed E-state index contributed by atoms with van der Waals surface area (Å²) in [5.74, 6) is 0.408. The number of ether oxygens (including phenoxy) is 1. The van der Waals surface area contributed by atoms with Crippen LogP contribution < -0.4 is 10.6 Å². The third-order valence-electron chi connectivity index (χ3n) is 6.29. The maximum absolute atomic E-state index is 12.8. The van der Waals surface area contributed by atoms with Gasteiger partial charge in [-0.15, -0.1) is 24.8 Å². The van der Waals surface area contributed by atoms with Gasteiger partial charge < -0.3 is 20.3 Å². The maximum Gasteiger partial charge on any atom is 0.241 e. The Kier molecular flexibility index (Phi) is 9.37. The minimum atomic E-state index is -0.432. The predicted molar refractivity (Wildman–Crippen MR) is 122 cm³/mol. The number of nitrogens with two attached hydrogens (primary N) is 1. The number of anilines is 1. The Labute approximate surface area is 190 Å². The third kappa shape index (κ3) is 5.45. The van der Waals surface area contributed by atoms with Crippen molar-refractivity contribution < 1.29 is 14.3 Å². The zero-order valence-corrected chi connectivity index (χ0v) is 18.8. The number of nitrogens with zero attached hydrogens (tertiary/aromatic N) is 3. The molecule has 0 spiro atoms. The number of rotatable bonds is 4. The molecule has 1 atom stereocenters. The molecule has 4 rings (SSSR count). The molecular weight excluding hydrogens is 427 g/mol. The van der Waals surface area contributed by atoms with Crippen LogP contribution in [0.25, 0.3) is 0 Å². The summed E-state index contributed by atoms with van der Waals surface area (Å²) in [6.07, 6.45) is 2.64. The summed E-state index contributed by atoms with van der Waals surface area (Å²) in [5, 5.41) is 0. The topological polar surface area (TPSA) is 79.1 Å². The van der Waals surface area contributed by atoms with Crippen molar-refractivity contribution in [2.24, 2.45) is 11.7 Å². The fourth-order valence-corrected chi connectivity index (χ4v) is 4.49. The molecule has 9 heteroatoms. The molecule has 1 aromatic rings. The Hall–Kier alpha value is -1.38. The van der Waals surface area contributed by atoms with Gasteiger partial charge in [0, 0.05) is 51.6 Å². The summed E-state index contributed by atoms with van der Waals surface area (Å²) in [7, 11) is 0. The molecule has 0 saturated carbocycles. The first-order valence-electron chi connectivity index (χ1n) is 10.4. The van der Waals surface area contributed by atoms with E-state index in [1.54, 1.807) is 0 Å². The fourth-order valence-electron chi connectivity index (χ4n) is 4.49. The van der Waals surface area contributed by atoms with Crippen LogP contribution in [-0.4, -0.2) is 80.1 Å². The lowest BCUT2D eigenvalue weighted by atomic mass is 9.91. The number of fused-ring (bicyclic) bond motifs is 1. The molecule has 0 aliphatic carbocycles. The van der Waals surface area contributed by atoms with Gasteiger partial charge in [-0.2, -0.15) is 0 Å². The number of carbonyl (C=O) groups is 2. The van der Waals surface area contributed by atoms with Crippen LogP contribution in [0.4, 0.5) is 5.69 Å². The molecule has 2 saturated heterocycles. The van der Waals surface area contributed by atoms with E-state index in [4.69, 9.17) is 10.5 Å². The molecule has 2 amide bonds. The molecule has 1 unspecified atom stereocenters. The summed E-state index contributed by atoms with van der Waals surface area (Å²) in [6, 6.07) is 7.69. The van der Waals surface area contributed by atoms with Gasteiger partial charge in [0.15, 0.2) is 0 Å². The summed E-state index contributed by atoms with van der Waals surface area (Å²) in [5.41, 5.74) is 8.53. The molecule has 3 heterocycles. The molecule has 2 fully saturated rings. The summed E-state index contributed by atoms with van der Waals surface area (Å²) in [6.45, 7) is 5.27. The Morgan fingerprint density at radius 2 is 1.70 bits per heavy atom. The number of amides is 2. The molecule has 168 valence electrons. The van der Waals surface area contributed by atoms with E-state index in [9.17, 15) is 9.59 Å². The van der Waals surface area contributed by atoms with Crippen molar-refractivity contribution in [3.8, 4) is 0 Å². The van der Waals surface area contributed by atoms with Crippen molar-refractivity contribution >= 4 is 42.3 Å². The molecule has 1 aromatic carbocycles. The Balaban J connectivity index is 0.00000160. The second-order valence-electron chi connectivity index (χ2n) is 8.00. The van der Waals surface area contributed by atoms with Crippen molar-refractivity contribution in [2.45, 2.75) is 25.3 Å². The van der Waals surface area contributed by atoms with E-state index in [2.05, 4.69) is 11.0 Å². The fraction of sp³-hybridized carbons (Fsp3) is 0.619. The van der Waals surface area contributed by atoms with Crippen molar-refractivity contribution in [1.82, 2.24) is 9.80 Å². The standard InChI is InChI=1S/C21H30N4O3.2ClH/c22-20(17-6-13-28-14-7-17)21(27)24-11-9-23(10-12-24)15-19(26)25-8-5-16-3-1-2-4-18(16)25;;/h1-4,17,20H,5-15,22H2;2*1H. The first-order chi connectivity index (χ1) is 13.6. The van der Waals surface area contributed by atoms with Gasteiger partial charge in [-0.1, -0.05) is 18.2 Å². The number of hydrogen-bond donors (Lipinski definition) is 1. The van der Waals surface area contributed by atoms with E-state index in [-0.39, 0.29) is 42.5 Å². The van der Waals surface area contributed by atoms with Gasteiger partial charge >= 0.3 is 0 Å². The zero-order valence-electron chi connectivity index (χ0n) is 17.2. The number of carbonyl (C=O) groups excluding carboxylic acids is 2. The highest BCUT2D eigenvalue weighted by atomic mass is 35.5. The first kappa shape index (κ1) is 24.9. The molecule has 30 heavy (non-hydrogen) atoms. The monoisotopic (exact) mass is 458 g/mol. The predicted octanol–water partition coefficient (Wildman–Crippen LogP) is 1.32. The lowest BCUT2D eigenvalue weighted by molar-refractivity contribution is -0.136. The summed E-state index contributed by atoms with van der Waals surface area (Å²) in [4.78, 5) is 31.4. The Morgan fingerprint density at radius 1 is 1.03 bits per heavy atom. The van der Waals surface area contributed by atoms with Crippen LogP contribution in [0.15, 0.2) is 24.3 Å². The molecule has 3 aliphatic heterocycles. The van der Waals surface area contributed by atoms with Crippen molar-refractivity contribution in [3.63, 3.8) is 0 Å². The van der Waals surface area contributed by atoms with Gasteiger partial charge in [0.1, 0.15) is 0 Å². The normalized spacial score (nSPS) is 20.7. The Bertz CT molecular complexity index is 722. The Morgan fingerprint density at radius 3 is 2.40 bits per heavy atom. The van der Waals surface area contributed by atoms with Gasteiger partial charge in [0.2, 0.25) is 11.8 Å². The molecule has 7 nitrogen and oxygen atoms in total. The summed E-state index contributed by atoms with van der Waals surface area (Å²) < 4.78 is 5.37. The number of piperazine rings is 1. The number of hydrogen-bond acceptors (Lipinski definition) is 5. The minimum Gasteiger partial charge on any atom is -0.381 e. The van der Waals surface area contributed by atoms with Crippen molar-refractivity contribution in [1.29, 1.82) is 0 Å². The molecule has 3 aliphatic rings. The van der Waals surface area contributed by atoms with Crippen LogP contribution in [0.5, 0.6) is 0 Å². The van der Waals surface area contributed by atoms with E-state index in [0.29, 0.717) is 45.9 Å². The highest BCUT2D eigenvalue weighted by Crippen LogP contribution is 2.27. The van der Waals surface area contributed by atoms with Crippen LogP contribution in [0.2, 0.25) is 0 Å². The molecule has 2 N–H and O–H groups in total. The molecular formula is C21H32Cl2N4O3. The lowest BCUT2D eigenvalue weighted by Gasteiger charge is -2.37. The smallest absolute Gasteiger partial charge is 0.241 e. The van der Waals surface area contributed by atoms with Crippen molar-refractivity contribution in [3.05, 3.63) is 29.8 Å². The highest BCUT2D eigenvalue weighted by Gasteiger charge is 2.32. The third-order valence-corrected chi connectivity index (χ3v) is 6.29. The van der Waals surface area contributed by atoms with Crippen molar-refractivity contribution in [2.75, 3.05) is 57.4 Å². The van der Waals surface area contributed by atoms with E-state index >= 15 is 0 Å². The van der Waals surface area contributed by atoms with Gasteiger partial charge in [-0.3, -0.25) is 14.5 Å². The van der Waals surface area contributed by atoms with Crippen LogP contribution >= 0.6 is 24.8 Å². The van der Waals surface area contributed by atoms with E-state index in [1.807, 2.05) is 28.0 Å². The van der Waals surface area contributed by atoms with Crippen LogP contribution in [0, 0.1) is 5.92 Å². The number of halogens is 2. The van der Waals surface area contributed by atoms with E-state index in [0.717, 1.165) is 31.5 Å². The van der Waals surface area contributed by atoms with Crippen LogP contribution in [-0.2, 0) is 20.7 Å². The highest BCUT2D eigenvalue weighted by molar-refractivity contribution is 5.96. The zero-order chi connectivity index (χ0) is 19.5. The molecule has 0 aromatic heterocycles. The van der Waals surface area contributed by atoms with Crippen LogP contribution in [0.3, 0.4) is 0 Å². The molecule has 0 bridgehead atoms. The quantitative estimate of drug-likeness (QED) is 0.735. The number of para-hydroxylation sites is 1. The second kappa shape index (κ2) is 11.3. The lowest BCUT2D eigenvalue weighted by Crippen LogP contribution is -2.56. The van der Waals surface area contributed by atoms with E-state index < -0.39 is 6.04 Å². The number of benzene rings is 1. The summed E-state index contributed by atoms with van der Waals surface area (Å²) >= 11 is 0. The van der Waals surface area contributed by atoms with Gasteiger partial charge in [-0.25, -0.2) is 0 Å². The maximum atomic E-state index is 12.8. The average molecular weight is 459 g/mol. The average Bonchev–Trinajstić information content (AvgIpc) is 3.18. The van der Waals surface area contributed by atoms with Gasteiger partial charge in [-0.05, 0) is 36.8 Å².